The summed E-state index contributed by atoms with van der Waals surface area (Å²) in [5, 5.41) is 2.99. The maximum Gasteiger partial charge on any atom is 0.407 e. The van der Waals surface area contributed by atoms with Crippen LogP contribution in [0.3, 0.4) is 0 Å². The van der Waals surface area contributed by atoms with Gasteiger partial charge in [0, 0.05) is 12.1 Å². The van der Waals surface area contributed by atoms with Crippen molar-refractivity contribution in [3.63, 3.8) is 0 Å². The minimum atomic E-state index is -0.413. The van der Waals surface area contributed by atoms with E-state index in [4.69, 9.17) is 9.57 Å². The van der Waals surface area contributed by atoms with Crippen LogP contribution in [0.1, 0.15) is 31.4 Å². The molecule has 2 aromatic rings. The molecule has 0 aliphatic carbocycles. The molecule has 5 nitrogen and oxygen atoms in total. The fourth-order valence-electron chi connectivity index (χ4n) is 3.09. The molecule has 0 saturated heterocycles. The van der Waals surface area contributed by atoms with Gasteiger partial charge in [0.1, 0.15) is 12.2 Å². The number of hydrogen-bond acceptors (Lipinski definition) is 4. The summed E-state index contributed by atoms with van der Waals surface area (Å²) in [7, 11) is 0. The maximum absolute atomic E-state index is 12.3. The molecule has 0 aromatic heterocycles. The van der Waals surface area contributed by atoms with Crippen LogP contribution >= 0.6 is 0 Å². The van der Waals surface area contributed by atoms with Crippen molar-refractivity contribution in [3.05, 3.63) is 83.6 Å². The molecule has 1 aliphatic heterocycles. The van der Waals surface area contributed by atoms with E-state index in [2.05, 4.69) is 22.9 Å². The quantitative estimate of drug-likeness (QED) is 0.722. The Morgan fingerprint density at radius 2 is 1.75 bits per heavy atom. The van der Waals surface area contributed by atoms with Gasteiger partial charge in [0.15, 0.2) is 0 Å². The summed E-state index contributed by atoms with van der Waals surface area (Å²) >= 11 is 0. The summed E-state index contributed by atoms with van der Waals surface area (Å²) in [5.74, 6) is 0. The standard InChI is InChI=1S/C23H28N2O3/c1-3-17(2)27-23(26)24-21(15-19-12-8-5-9-13-19)22-16-20(25-28-22)14-18-10-6-4-7-11-18/h4-13,16-17,21-22,25H,3,14-15H2,1-2H3,(H,24,26). The number of hydrogen-bond donors (Lipinski definition) is 2. The molecule has 3 unspecified atom stereocenters. The molecule has 5 heteroatoms. The van der Waals surface area contributed by atoms with Gasteiger partial charge in [0.2, 0.25) is 0 Å². The van der Waals surface area contributed by atoms with Gasteiger partial charge in [-0.15, -0.1) is 0 Å². The monoisotopic (exact) mass is 380 g/mol. The van der Waals surface area contributed by atoms with E-state index in [9.17, 15) is 4.79 Å². The van der Waals surface area contributed by atoms with Crippen LogP contribution in [0.25, 0.3) is 0 Å². The van der Waals surface area contributed by atoms with E-state index >= 15 is 0 Å². The largest absolute Gasteiger partial charge is 0.447 e. The summed E-state index contributed by atoms with van der Waals surface area (Å²) in [4.78, 5) is 18.1. The van der Waals surface area contributed by atoms with E-state index in [1.165, 1.54) is 5.56 Å². The number of carbonyl (C=O) groups excluding carboxylic acids is 1. The normalized spacial score (nSPS) is 17.9. The summed E-state index contributed by atoms with van der Waals surface area (Å²) in [6.45, 7) is 3.87. The second kappa shape index (κ2) is 9.95. The molecule has 0 spiro atoms. The number of alkyl carbamates (subject to hydrolysis) is 1. The molecular formula is C23H28N2O3. The highest BCUT2D eigenvalue weighted by molar-refractivity contribution is 5.68. The first kappa shape index (κ1) is 20.0. The van der Waals surface area contributed by atoms with E-state index in [0.717, 1.165) is 24.1 Å². The molecule has 28 heavy (non-hydrogen) atoms. The Kier molecular flexibility index (Phi) is 7.09. The van der Waals surface area contributed by atoms with Crippen LogP contribution in [0.5, 0.6) is 0 Å². The van der Waals surface area contributed by atoms with E-state index < -0.39 is 6.09 Å². The lowest BCUT2D eigenvalue weighted by Gasteiger charge is -2.23. The SMILES string of the molecule is CCC(C)OC(=O)NC(Cc1ccccc1)C1C=C(Cc2ccccc2)NO1. The third-order valence-electron chi connectivity index (χ3n) is 4.81. The van der Waals surface area contributed by atoms with Crippen LogP contribution in [0.15, 0.2) is 72.4 Å². The van der Waals surface area contributed by atoms with Crippen molar-refractivity contribution in [2.24, 2.45) is 0 Å². The van der Waals surface area contributed by atoms with Crippen molar-refractivity contribution in [2.45, 2.75) is 51.4 Å². The van der Waals surface area contributed by atoms with Gasteiger partial charge in [-0.3, -0.25) is 10.3 Å². The van der Waals surface area contributed by atoms with Gasteiger partial charge >= 0.3 is 6.09 Å². The molecule has 2 aromatic carbocycles. The average molecular weight is 380 g/mol. The first-order chi connectivity index (χ1) is 13.6. The number of nitrogens with one attached hydrogen (secondary N) is 2. The zero-order valence-corrected chi connectivity index (χ0v) is 16.4. The number of amides is 1. The van der Waals surface area contributed by atoms with Gasteiger partial charge in [-0.25, -0.2) is 4.79 Å². The smallest absolute Gasteiger partial charge is 0.407 e. The summed E-state index contributed by atoms with van der Waals surface area (Å²) in [5.41, 5.74) is 6.34. The number of allylic oxidation sites excluding steroid dienone is 1. The summed E-state index contributed by atoms with van der Waals surface area (Å²) in [6, 6.07) is 20.0. The molecule has 1 amide bonds. The van der Waals surface area contributed by atoms with E-state index in [1.54, 1.807) is 0 Å². The van der Waals surface area contributed by atoms with Crippen molar-refractivity contribution >= 4 is 6.09 Å². The maximum atomic E-state index is 12.3. The highest BCUT2D eigenvalue weighted by Crippen LogP contribution is 2.18. The first-order valence-corrected chi connectivity index (χ1v) is 9.81. The summed E-state index contributed by atoms with van der Waals surface area (Å²) < 4.78 is 5.40. The lowest BCUT2D eigenvalue weighted by Crippen LogP contribution is -2.45. The zero-order valence-electron chi connectivity index (χ0n) is 16.4. The molecular weight excluding hydrogens is 352 g/mol. The minimum absolute atomic E-state index is 0.121. The van der Waals surface area contributed by atoms with Crippen molar-refractivity contribution in [1.29, 1.82) is 0 Å². The Morgan fingerprint density at radius 1 is 1.11 bits per heavy atom. The van der Waals surface area contributed by atoms with Crippen molar-refractivity contribution < 1.29 is 14.4 Å². The Hall–Kier alpha value is -2.79. The highest BCUT2D eigenvalue weighted by Gasteiger charge is 2.28. The molecule has 0 radical (unpaired) electrons. The lowest BCUT2D eigenvalue weighted by molar-refractivity contribution is 0.0175. The molecule has 0 bridgehead atoms. The first-order valence-electron chi connectivity index (χ1n) is 9.81. The van der Waals surface area contributed by atoms with Crippen LogP contribution in [0, 0.1) is 0 Å². The van der Waals surface area contributed by atoms with Crippen LogP contribution in [0.2, 0.25) is 0 Å². The molecule has 0 saturated carbocycles. The highest BCUT2D eigenvalue weighted by atomic mass is 16.7. The minimum Gasteiger partial charge on any atom is -0.447 e. The van der Waals surface area contributed by atoms with Gasteiger partial charge in [-0.2, -0.15) is 0 Å². The van der Waals surface area contributed by atoms with Crippen LogP contribution in [-0.4, -0.2) is 24.3 Å². The number of carbonyl (C=O) groups is 1. The van der Waals surface area contributed by atoms with E-state index in [1.807, 2.05) is 68.5 Å². The van der Waals surface area contributed by atoms with Crippen molar-refractivity contribution in [3.8, 4) is 0 Å². The third kappa shape index (κ3) is 5.86. The Balaban J connectivity index is 1.69. The molecule has 3 atom stereocenters. The topological polar surface area (TPSA) is 59.6 Å². The number of ether oxygens (including phenoxy) is 1. The fourth-order valence-corrected chi connectivity index (χ4v) is 3.09. The van der Waals surface area contributed by atoms with E-state index in [0.29, 0.717) is 6.42 Å². The average Bonchev–Trinajstić information content (AvgIpc) is 3.17. The Bertz CT molecular complexity index is 777. The molecule has 2 N–H and O–H groups in total. The van der Waals surface area contributed by atoms with Gasteiger partial charge in [0.25, 0.3) is 0 Å². The van der Waals surface area contributed by atoms with Gasteiger partial charge in [-0.05, 0) is 37.0 Å². The second-order valence-electron chi connectivity index (χ2n) is 7.10. The molecule has 0 fully saturated rings. The van der Waals surface area contributed by atoms with Crippen molar-refractivity contribution in [2.75, 3.05) is 0 Å². The summed E-state index contributed by atoms with van der Waals surface area (Å²) in [6.07, 6.45) is 3.42. The van der Waals surface area contributed by atoms with Gasteiger partial charge in [0.05, 0.1) is 6.04 Å². The third-order valence-corrected chi connectivity index (χ3v) is 4.81. The second-order valence-corrected chi connectivity index (χ2v) is 7.10. The molecule has 148 valence electrons. The molecule has 1 aliphatic rings. The number of rotatable bonds is 8. The Morgan fingerprint density at radius 3 is 2.39 bits per heavy atom. The number of hydroxylamine groups is 1. The predicted molar refractivity (Wildman–Crippen MR) is 110 cm³/mol. The van der Waals surface area contributed by atoms with Crippen molar-refractivity contribution in [1.82, 2.24) is 10.8 Å². The molecule has 3 rings (SSSR count). The molecule has 1 heterocycles. The number of benzene rings is 2. The van der Waals surface area contributed by atoms with Crippen LogP contribution in [-0.2, 0) is 22.4 Å². The Labute approximate surface area is 166 Å². The van der Waals surface area contributed by atoms with E-state index in [-0.39, 0.29) is 18.2 Å². The predicted octanol–water partition coefficient (Wildman–Crippen LogP) is 4.15. The fraction of sp³-hybridized carbons (Fsp3) is 0.348. The zero-order chi connectivity index (χ0) is 19.8. The van der Waals surface area contributed by atoms with Gasteiger partial charge < -0.3 is 10.1 Å². The van der Waals surface area contributed by atoms with Crippen LogP contribution < -0.4 is 10.8 Å². The van der Waals surface area contributed by atoms with Gasteiger partial charge in [-0.1, -0.05) is 67.6 Å². The van der Waals surface area contributed by atoms with Crippen LogP contribution in [0.4, 0.5) is 4.79 Å². The lowest BCUT2D eigenvalue weighted by atomic mass is 10.00.